The molecule has 0 spiro atoms. The summed E-state index contributed by atoms with van der Waals surface area (Å²) in [4.78, 5) is 2.45. The van der Waals surface area contributed by atoms with Crippen molar-refractivity contribution in [3.05, 3.63) is 0 Å². The average molecular weight is 172 g/mol. The molecule has 1 aliphatic rings. The lowest BCUT2D eigenvalue weighted by Gasteiger charge is -2.40. The predicted molar refractivity (Wildman–Crippen MR) is 50.1 cm³/mol. The summed E-state index contributed by atoms with van der Waals surface area (Å²) in [6.45, 7) is 5.18. The van der Waals surface area contributed by atoms with E-state index in [1.165, 1.54) is 0 Å². The molecule has 2 N–H and O–H groups in total. The van der Waals surface area contributed by atoms with Crippen molar-refractivity contribution in [1.29, 1.82) is 0 Å². The number of ether oxygens (including phenoxy) is 1. The Morgan fingerprint density at radius 2 is 2.17 bits per heavy atom. The van der Waals surface area contributed by atoms with Crippen LogP contribution < -0.4 is 5.73 Å². The van der Waals surface area contributed by atoms with E-state index in [1.54, 1.807) is 7.11 Å². The van der Waals surface area contributed by atoms with E-state index in [4.69, 9.17) is 10.5 Å². The normalized spacial score (nSPS) is 29.0. The first kappa shape index (κ1) is 9.96. The van der Waals surface area contributed by atoms with Gasteiger partial charge in [0.15, 0.2) is 0 Å². The smallest absolute Gasteiger partial charge is 0.0589 e. The van der Waals surface area contributed by atoms with Gasteiger partial charge in [-0.25, -0.2) is 0 Å². The number of hydrogen-bond acceptors (Lipinski definition) is 3. The molecule has 0 amide bonds. The second kappa shape index (κ2) is 4.80. The molecule has 0 bridgehead atoms. The lowest BCUT2D eigenvalue weighted by Crippen LogP contribution is -2.51. The van der Waals surface area contributed by atoms with Crippen molar-refractivity contribution >= 4 is 0 Å². The molecular weight excluding hydrogens is 152 g/mol. The van der Waals surface area contributed by atoms with E-state index < -0.39 is 0 Å². The van der Waals surface area contributed by atoms with Crippen molar-refractivity contribution in [1.82, 2.24) is 4.90 Å². The predicted octanol–water partition coefficient (Wildman–Crippen LogP) is 0.444. The van der Waals surface area contributed by atoms with Crippen molar-refractivity contribution in [2.24, 2.45) is 5.73 Å². The third-order valence-corrected chi connectivity index (χ3v) is 2.65. The van der Waals surface area contributed by atoms with Gasteiger partial charge in [-0.05, 0) is 19.4 Å². The quantitative estimate of drug-likeness (QED) is 0.654. The fourth-order valence-corrected chi connectivity index (χ4v) is 1.74. The highest BCUT2D eigenvalue weighted by molar-refractivity contribution is 4.89. The summed E-state index contributed by atoms with van der Waals surface area (Å²) in [7, 11) is 1.75. The van der Waals surface area contributed by atoms with Crippen molar-refractivity contribution < 1.29 is 4.74 Å². The molecule has 0 aromatic rings. The minimum atomic E-state index is 0.451. The van der Waals surface area contributed by atoms with Gasteiger partial charge < -0.3 is 10.5 Å². The molecule has 0 unspecified atom stereocenters. The van der Waals surface area contributed by atoms with E-state index in [0.29, 0.717) is 6.04 Å². The zero-order valence-corrected chi connectivity index (χ0v) is 8.12. The van der Waals surface area contributed by atoms with E-state index in [-0.39, 0.29) is 0 Å². The van der Waals surface area contributed by atoms with Crippen LogP contribution in [0, 0.1) is 0 Å². The van der Waals surface area contributed by atoms with E-state index in [9.17, 15) is 0 Å². The molecule has 0 aromatic carbocycles. The Hall–Kier alpha value is -0.120. The molecule has 0 aromatic heterocycles. The molecule has 3 nitrogen and oxygen atoms in total. The number of rotatable bonds is 5. The van der Waals surface area contributed by atoms with Gasteiger partial charge in [-0.15, -0.1) is 0 Å². The maximum absolute atomic E-state index is 5.73. The van der Waals surface area contributed by atoms with Crippen LogP contribution in [0.5, 0.6) is 0 Å². The fraction of sp³-hybridized carbons (Fsp3) is 1.00. The third-order valence-electron chi connectivity index (χ3n) is 2.65. The standard InChI is InChI=1S/C9H20N2O/c1-3-11(4-5-12-2)9-6-8(10)7-9/h8-9H,3-7,10H2,1-2H3. The first-order chi connectivity index (χ1) is 5.77. The summed E-state index contributed by atoms with van der Waals surface area (Å²) < 4.78 is 5.05. The number of hydrogen-bond donors (Lipinski definition) is 1. The van der Waals surface area contributed by atoms with E-state index in [0.717, 1.165) is 38.6 Å². The van der Waals surface area contributed by atoms with Crippen molar-refractivity contribution in [3.8, 4) is 0 Å². The summed E-state index contributed by atoms with van der Waals surface area (Å²) >= 11 is 0. The van der Waals surface area contributed by atoms with Gasteiger partial charge in [-0.3, -0.25) is 4.90 Å². The lowest BCUT2D eigenvalue weighted by atomic mass is 9.86. The number of methoxy groups -OCH3 is 1. The highest BCUT2D eigenvalue weighted by Crippen LogP contribution is 2.23. The second-order valence-corrected chi connectivity index (χ2v) is 3.51. The van der Waals surface area contributed by atoms with Crippen LogP contribution in [0.2, 0.25) is 0 Å². The molecule has 1 aliphatic carbocycles. The monoisotopic (exact) mass is 172 g/mol. The Morgan fingerprint density at radius 1 is 1.50 bits per heavy atom. The maximum Gasteiger partial charge on any atom is 0.0589 e. The van der Waals surface area contributed by atoms with E-state index in [1.807, 2.05) is 0 Å². The summed E-state index contributed by atoms with van der Waals surface area (Å²) in [5.41, 5.74) is 5.73. The molecule has 12 heavy (non-hydrogen) atoms. The SMILES string of the molecule is CCN(CCOC)C1CC(N)C1. The minimum absolute atomic E-state index is 0.451. The summed E-state index contributed by atoms with van der Waals surface area (Å²) in [5.74, 6) is 0. The lowest BCUT2D eigenvalue weighted by molar-refractivity contribution is 0.0793. The van der Waals surface area contributed by atoms with Gasteiger partial charge in [-0.1, -0.05) is 6.92 Å². The maximum atomic E-state index is 5.73. The van der Waals surface area contributed by atoms with Gasteiger partial charge in [0.1, 0.15) is 0 Å². The molecule has 0 atom stereocenters. The highest BCUT2D eigenvalue weighted by atomic mass is 16.5. The molecule has 3 heteroatoms. The molecule has 1 rings (SSSR count). The average Bonchev–Trinajstić information content (AvgIpc) is 2.02. The van der Waals surface area contributed by atoms with E-state index >= 15 is 0 Å². The van der Waals surface area contributed by atoms with Crippen LogP contribution in [0.1, 0.15) is 19.8 Å². The molecular formula is C9H20N2O. The second-order valence-electron chi connectivity index (χ2n) is 3.51. The zero-order valence-electron chi connectivity index (χ0n) is 8.12. The van der Waals surface area contributed by atoms with Crippen LogP contribution in [-0.2, 0) is 4.74 Å². The van der Waals surface area contributed by atoms with Crippen molar-refractivity contribution in [2.75, 3.05) is 26.8 Å². The van der Waals surface area contributed by atoms with Crippen molar-refractivity contribution in [2.45, 2.75) is 31.8 Å². The minimum Gasteiger partial charge on any atom is -0.383 e. The Kier molecular flexibility index (Phi) is 3.98. The van der Waals surface area contributed by atoms with Crippen LogP contribution in [0.3, 0.4) is 0 Å². The molecule has 1 saturated carbocycles. The largest absolute Gasteiger partial charge is 0.383 e. The molecule has 1 fully saturated rings. The van der Waals surface area contributed by atoms with Gasteiger partial charge in [0.2, 0.25) is 0 Å². The number of nitrogens with zero attached hydrogens (tertiary/aromatic N) is 1. The van der Waals surface area contributed by atoms with Crippen LogP contribution in [-0.4, -0.2) is 43.8 Å². The summed E-state index contributed by atoms with van der Waals surface area (Å²) in [6, 6.07) is 1.17. The van der Waals surface area contributed by atoms with Crippen LogP contribution >= 0.6 is 0 Å². The summed E-state index contributed by atoms with van der Waals surface area (Å²) in [6.07, 6.45) is 2.33. The third kappa shape index (κ3) is 2.44. The first-order valence-electron chi connectivity index (χ1n) is 4.76. The Labute approximate surface area is 74.9 Å². The molecule has 0 heterocycles. The molecule has 0 radical (unpaired) electrons. The van der Waals surface area contributed by atoms with Gasteiger partial charge in [0.25, 0.3) is 0 Å². The van der Waals surface area contributed by atoms with Gasteiger partial charge in [0.05, 0.1) is 6.61 Å². The zero-order chi connectivity index (χ0) is 8.97. The molecule has 0 aliphatic heterocycles. The molecule has 72 valence electrons. The van der Waals surface area contributed by atoms with Crippen LogP contribution in [0.4, 0.5) is 0 Å². The van der Waals surface area contributed by atoms with Gasteiger partial charge in [-0.2, -0.15) is 0 Å². The van der Waals surface area contributed by atoms with Crippen molar-refractivity contribution in [3.63, 3.8) is 0 Å². The summed E-state index contributed by atoms with van der Waals surface area (Å²) in [5, 5.41) is 0. The topological polar surface area (TPSA) is 38.5 Å². The number of likely N-dealkylation sites (N-methyl/N-ethyl adjacent to an activating group) is 1. The fourth-order valence-electron chi connectivity index (χ4n) is 1.74. The van der Waals surface area contributed by atoms with Gasteiger partial charge >= 0.3 is 0 Å². The highest BCUT2D eigenvalue weighted by Gasteiger charge is 2.29. The van der Waals surface area contributed by atoms with Gasteiger partial charge in [0, 0.05) is 25.7 Å². The van der Waals surface area contributed by atoms with Crippen LogP contribution in [0.15, 0.2) is 0 Å². The number of nitrogens with two attached hydrogens (primary N) is 1. The first-order valence-corrected chi connectivity index (χ1v) is 4.76. The van der Waals surface area contributed by atoms with E-state index in [2.05, 4.69) is 11.8 Å². The Morgan fingerprint density at radius 3 is 2.58 bits per heavy atom. The van der Waals surface area contributed by atoms with Crippen LogP contribution in [0.25, 0.3) is 0 Å². The molecule has 0 saturated heterocycles. The Balaban J connectivity index is 2.16. The Bertz CT molecular complexity index is 124.